The zero-order chi connectivity index (χ0) is 23.6. The van der Waals surface area contributed by atoms with Crippen LogP contribution in [0.3, 0.4) is 0 Å². The van der Waals surface area contributed by atoms with Gasteiger partial charge in [0.2, 0.25) is 5.91 Å². The van der Waals surface area contributed by atoms with E-state index >= 15 is 0 Å². The highest BCUT2D eigenvalue weighted by Crippen LogP contribution is 2.31. The molecule has 2 atom stereocenters. The molecule has 0 unspecified atom stereocenters. The van der Waals surface area contributed by atoms with E-state index < -0.39 is 6.10 Å². The maximum Gasteiger partial charge on any atom is 0.348 e. The summed E-state index contributed by atoms with van der Waals surface area (Å²) in [6.07, 6.45) is 8.71. The molecule has 0 radical (unpaired) electrons. The number of amides is 1. The molecule has 1 aliphatic heterocycles. The lowest BCUT2D eigenvalue weighted by Crippen LogP contribution is -2.32. The van der Waals surface area contributed by atoms with E-state index in [1.807, 2.05) is 48.2 Å². The zero-order valence-electron chi connectivity index (χ0n) is 19.9. The molecule has 33 heavy (non-hydrogen) atoms. The first-order valence-corrected chi connectivity index (χ1v) is 13.2. The Morgan fingerprint density at radius 1 is 1.12 bits per heavy atom. The Morgan fingerprint density at radius 3 is 2.64 bits per heavy atom. The number of benzene rings is 1. The minimum Gasteiger partial charge on any atom is -0.462 e. The van der Waals surface area contributed by atoms with E-state index in [1.54, 1.807) is 0 Å². The summed E-state index contributed by atoms with van der Waals surface area (Å²) in [6, 6.07) is 11.9. The van der Waals surface area contributed by atoms with Crippen LogP contribution in [0.2, 0.25) is 0 Å². The van der Waals surface area contributed by atoms with Crippen molar-refractivity contribution in [2.75, 3.05) is 11.5 Å². The van der Waals surface area contributed by atoms with Gasteiger partial charge in [0.05, 0.1) is 12.7 Å². The molecule has 2 aromatic rings. The summed E-state index contributed by atoms with van der Waals surface area (Å²) < 4.78 is 5.21. The lowest BCUT2D eigenvalue weighted by atomic mass is 10.0. The standard InChI is InChI=1S/C27H37NO4S/c1-3-5-6-10-24(29)20-11-13-22(14-12-20)28-21(15-18-26(28)30)8-7-9-23-16-17-25(33-23)27(31)32-19-4-2/h11-14,16-17,21,24,29H,3-10,15,18-19H2,1-2H3/t21-,24+/m1/s1. The number of aryl methyl sites for hydroxylation is 1. The fraction of sp³-hybridized carbons (Fsp3) is 0.556. The molecule has 180 valence electrons. The number of esters is 1. The fourth-order valence-corrected chi connectivity index (χ4v) is 5.33. The van der Waals surface area contributed by atoms with Gasteiger partial charge in [-0.15, -0.1) is 11.3 Å². The van der Waals surface area contributed by atoms with Crippen molar-refractivity contribution in [1.29, 1.82) is 0 Å². The molecule has 0 saturated carbocycles. The summed E-state index contributed by atoms with van der Waals surface area (Å²) in [5, 5.41) is 10.4. The third-order valence-corrected chi connectivity index (χ3v) is 7.35. The van der Waals surface area contributed by atoms with Crippen LogP contribution in [0.1, 0.15) is 97.9 Å². The number of nitrogens with zero attached hydrogens (tertiary/aromatic N) is 1. The monoisotopic (exact) mass is 471 g/mol. The van der Waals surface area contributed by atoms with Crippen LogP contribution in [0, 0.1) is 0 Å². The minimum atomic E-state index is -0.439. The van der Waals surface area contributed by atoms with Crippen molar-refractivity contribution in [2.45, 2.75) is 90.2 Å². The maximum absolute atomic E-state index is 12.6. The van der Waals surface area contributed by atoms with E-state index in [-0.39, 0.29) is 17.9 Å². The molecule has 0 aliphatic carbocycles. The van der Waals surface area contributed by atoms with Crippen molar-refractivity contribution in [2.24, 2.45) is 0 Å². The summed E-state index contributed by atoms with van der Waals surface area (Å²) in [6.45, 7) is 4.60. The molecule has 1 aliphatic rings. The smallest absolute Gasteiger partial charge is 0.348 e. The van der Waals surface area contributed by atoms with Gasteiger partial charge in [0.25, 0.3) is 0 Å². The summed E-state index contributed by atoms with van der Waals surface area (Å²) in [4.78, 5) is 28.4. The first-order chi connectivity index (χ1) is 16.0. The number of carbonyl (C=O) groups is 2. The third kappa shape index (κ3) is 7.15. The molecule has 3 rings (SSSR count). The van der Waals surface area contributed by atoms with Gasteiger partial charge < -0.3 is 14.7 Å². The molecule has 1 aromatic carbocycles. The quantitative estimate of drug-likeness (QED) is 0.269. The van der Waals surface area contributed by atoms with Crippen molar-refractivity contribution in [3.05, 3.63) is 51.7 Å². The molecule has 1 fully saturated rings. The van der Waals surface area contributed by atoms with E-state index in [9.17, 15) is 14.7 Å². The third-order valence-electron chi connectivity index (χ3n) is 6.22. The summed E-state index contributed by atoms with van der Waals surface area (Å²) in [5.74, 6) is -0.0621. The SMILES string of the molecule is CCCCC[C@H](O)c1ccc(N2C(=O)CC[C@H]2CCCc2ccc(C(=O)OCCC)s2)cc1. The molecule has 6 heteroatoms. The van der Waals surface area contributed by atoms with Gasteiger partial charge in [-0.2, -0.15) is 0 Å². The van der Waals surface area contributed by atoms with E-state index in [1.165, 1.54) is 16.2 Å². The predicted octanol–water partition coefficient (Wildman–Crippen LogP) is 6.45. The van der Waals surface area contributed by atoms with Gasteiger partial charge in [-0.3, -0.25) is 4.79 Å². The molecule has 0 spiro atoms. The van der Waals surface area contributed by atoms with Gasteiger partial charge in [-0.1, -0.05) is 45.2 Å². The van der Waals surface area contributed by atoms with Crippen LogP contribution in [0.5, 0.6) is 0 Å². The summed E-state index contributed by atoms with van der Waals surface area (Å²) >= 11 is 1.50. The molecule has 1 saturated heterocycles. The fourth-order valence-electron chi connectivity index (χ4n) is 4.38. The van der Waals surface area contributed by atoms with Gasteiger partial charge in [-0.25, -0.2) is 4.79 Å². The lowest BCUT2D eigenvalue weighted by Gasteiger charge is -2.25. The van der Waals surface area contributed by atoms with Crippen molar-refractivity contribution >= 4 is 28.9 Å². The number of thiophene rings is 1. The molecule has 5 nitrogen and oxygen atoms in total. The van der Waals surface area contributed by atoms with E-state index in [0.29, 0.717) is 17.9 Å². The number of anilines is 1. The molecule has 1 aromatic heterocycles. The van der Waals surface area contributed by atoms with Gasteiger partial charge in [0.1, 0.15) is 4.88 Å². The Kier molecular flexibility index (Phi) is 9.95. The van der Waals surface area contributed by atoms with Crippen LogP contribution >= 0.6 is 11.3 Å². The lowest BCUT2D eigenvalue weighted by molar-refractivity contribution is -0.117. The number of ether oxygens (including phenoxy) is 1. The Hall–Kier alpha value is -2.18. The van der Waals surface area contributed by atoms with Crippen LogP contribution < -0.4 is 4.90 Å². The van der Waals surface area contributed by atoms with Crippen molar-refractivity contribution in [1.82, 2.24) is 0 Å². The number of hydrogen-bond acceptors (Lipinski definition) is 5. The predicted molar refractivity (Wildman–Crippen MR) is 134 cm³/mol. The number of aliphatic hydroxyl groups excluding tert-OH is 1. The Morgan fingerprint density at radius 2 is 1.91 bits per heavy atom. The van der Waals surface area contributed by atoms with Crippen LogP contribution in [0.15, 0.2) is 36.4 Å². The second-order valence-electron chi connectivity index (χ2n) is 8.85. The van der Waals surface area contributed by atoms with E-state index in [4.69, 9.17) is 4.74 Å². The van der Waals surface area contributed by atoms with E-state index in [2.05, 4.69) is 6.92 Å². The molecule has 0 bridgehead atoms. The summed E-state index contributed by atoms with van der Waals surface area (Å²) in [5.41, 5.74) is 1.84. The number of rotatable bonds is 13. The second kappa shape index (κ2) is 12.9. The van der Waals surface area contributed by atoms with Gasteiger partial charge in [0.15, 0.2) is 0 Å². The largest absolute Gasteiger partial charge is 0.462 e. The number of hydrogen-bond donors (Lipinski definition) is 1. The summed E-state index contributed by atoms with van der Waals surface area (Å²) in [7, 11) is 0. The number of unbranched alkanes of at least 4 members (excludes halogenated alkanes) is 2. The molecular formula is C27H37NO4S. The number of aliphatic hydroxyl groups is 1. The van der Waals surface area contributed by atoms with Gasteiger partial charge in [0, 0.05) is 23.0 Å². The van der Waals surface area contributed by atoms with Crippen molar-refractivity contribution in [3.63, 3.8) is 0 Å². The van der Waals surface area contributed by atoms with Gasteiger partial charge in [-0.05, 0) is 68.4 Å². The first-order valence-electron chi connectivity index (χ1n) is 12.4. The minimum absolute atomic E-state index is 0.174. The van der Waals surface area contributed by atoms with Crippen molar-refractivity contribution < 1.29 is 19.4 Å². The average Bonchev–Trinajstić information content (AvgIpc) is 3.44. The Bertz CT molecular complexity index is 892. The molecular weight excluding hydrogens is 434 g/mol. The highest BCUT2D eigenvalue weighted by molar-refractivity contribution is 7.13. The Balaban J connectivity index is 1.53. The highest BCUT2D eigenvalue weighted by atomic mass is 32.1. The molecule has 2 heterocycles. The van der Waals surface area contributed by atoms with Gasteiger partial charge >= 0.3 is 5.97 Å². The first kappa shape index (κ1) is 25.4. The number of carbonyl (C=O) groups excluding carboxylic acids is 2. The molecule has 1 amide bonds. The maximum atomic E-state index is 12.6. The average molecular weight is 472 g/mol. The zero-order valence-corrected chi connectivity index (χ0v) is 20.7. The van der Waals surface area contributed by atoms with Crippen LogP contribution in [0.25, 0.3) is 0 Å². The van der Waals surface area contributed by atoms with Crippen LogP contribution in [-0.2, 0) is 16.0 Å². The normalized spacial score (nSPS) is 16.9. The van der Waals surface area contributed by atoms with Crippen LogP contribution in [0.4, 0.5) is 5.69 Å². The molecule has 1 N–H and O–H groups in total. The highest BCUT2D eigenvalue weighted by Gasteiger charge is 2.31. The second-order valence-corrected chi connectivity index (χ2v) is 10.0. The topological polar surface area (TPSA) is 66.8 Å². The van der Waals surface area contributed by atoms with Crippen LogP contribution in [-0.4, -0.2) is 29.6 Å². The van der Waals surface area contributed by atoms with E-state index in [0.717, 1.165) is 69.0 Å². The Labute approximate surface area is 201 Å². The van der Waals surface area contributed by atoms with Crippen molar-refractivity contribution in [3.8, 4) is 0 Å².